The molecule has 5 nitrogen and oxygen atoms in total. The minimum atomic E-state index is -2.19. The zero-order chi connectivity index (χ0) is 7.86. The van der Waals surface area contributed by atoms with E-state index in [4.69, 9.17) is 19.8 Å². The number of hydrogen-bond donors (Lipinski definition) is 1. The molecule has 1 N–H and O–H groups in total. The largest absolute Gasteiger partial charge is 2.00 e. The second-order valence-electron chi connectivity index (χ2n) is 1.07. The normalized spacial score (nSPS) is 6.20. The Balaban J connectivity index is -0.000000107. The van der Waals surface area contributed by atoms with Crippen molar-refractivity contribution in [3.63, 3.8) is 0 Å². The van der Waals surface area contributed by atoms with Crippen LogP contribution in [-0.4, -0.2) is 26.0 Å². The van der Waals surface area contributed by atoms with Crippen molar-refractivity contribution in [2.45, 2.75) is 0 Å². The first-order valence-corrected chi connectivity index (χ1v) is 2.07. The number of hydrogen-bond acceptors (Lipinski definition) is 5. The molecule has 0 rings (SSSR count). The van der Waals surface area contributed by atoms with Crippen molar-refractivity contribution in [1.82, 2.24) is 5.32 Å². The van der Waals surface area contributed by atoms with Crippen molar-refractivity contribution < 1.29 is 39.3 Å². The Morgan fingerprint density at radius 2 is 1.20 bits per heavy atom. The minimum absolute atomic E-state index is 0. The number of carboxylic acids is 2. The summed E-state index contributed by atoms with van der Waals surface area (Å²) in [5.41, 5.74) is 0. The molecule has 0 amide bonds. The summed E-state index contributed by atoms with van der Waals surface area (Å²) in [6.07, 6.45) is 0. The van der Waals surface area contributed by atoms with Crippen LogP contribution in [0.3, 0.4) is 0 Å². The molecule has 0 aliphatic carbocycles. The van der Waals surface area contributed by atoms with E-state index in [-0.39, 0.29) is 19.5 Å². The van der Waals surface area contributed by atoms with Gasteiger partial charge in [-0.25, -0.2) is 0 Å². The first-order valence-electron chi connectivity index (χ1n) is 2.07. The van der Waals surface area contributed by atoms with Gasteiger partial charge in [0.05, 0.1) is 11.9 Å². The van der Waals surface area contributed by atoms with Gasteiger partial charge in [-0.15, -0.1) is 0 Å². The van der Waals surface area contributed by atoms with Crippen LogP contribution in [0.5, 0.6) is 0 Å². The molecular formula is C4H7NO4Zn. The fourth-order valence-electron chi connectivity index (χ4n) is 0. The Labute approximate surface area is 71.2 Å². The maximum absolute atomic E-state index is 8.93. The second-order valence-corrected chi connectivity index (χ2v) is 1.07. The SMILES string of the molecule is CNC.O=C([O-])C(=O)[O-].[Zn+2]. The molecule has 0 heterocycles. The third kappa shape index (κ3) is 25.8. The summed E-state index contributed by atoms with van der Waals surface area (Å²) >= 11 is 0. The van der Waals surface area contributed by atoms with E-state index in [1.54, 1.807) is 0 Å². The summed E-state index contributed by atoms with van der Waals surface area (Å²) in [6.45, 7) is 0. The first kappa shape index (κ1) is 16.3. The molecule has 6 heteroatoms. The van der Waals surface area contributed by atoms with Crippen LogP contribution in [0.4, 0.5) is 0 Å². The molecule has 0 aromatic rings. The molecule has 0 radical (unpaired) electrons. The molecule has 0 bridgehead atoms. The van der Waals surface area contributed by atoms with Crippen molar-refractivity contribution in [2.24, 2.45) is 0 Å². The van der Waals surface area contributed by atoms with Gasteiger partial charge in [0.15, 0.2) is 0 Å². The zero-order valence-electron chi connectivity index (χ0n) is 5.84. The Bertz CT molecular complexity index is 93.4. The average molecular weight is 198 g/mol. The predicted octanol–water partition coefficient (Wildman–Crippen LogP) is -3.68. The van der Waals surface area contributed by atoms with Crippen molar-refractivity contribution >= 4 is 11.9 Å². The van der Waals surface area contributed by atoms with Crippen molar-refractivity contribution in [3.8, 4) is 0 Å². The standard InChI is InChI=1S/C2H7N.C2H2O4.Zn/c1-3-2;3-1(4)2(5)6;/h3H,1-2H3;(H,3,4)(H,5,6);/q;;+2/p-2. The van der Waals surface area contributed by atoms with Crippen LogP contribution in [0.15, 0.2) is 0 Å². The predicted molar refractivity (Wildman–Crippen MR) is 25.0 cm³/mol. The van der Waals surface area contributed by atoms with Gasteiger partial charge in [0, 0.05) is 0 Å². The molecule has 0 unspecified atom stereocenters. The van der Waals surface area contributed by atoms with E-state index in [2.05, 4.69) is 5.32 Å². The van der Waals surface area contributed by atoms with Crippen LogP contribution in [0.1, 0.15) is 0 Å². The third-order valence-electron chi connectivity index (χ3n) is 0.167. The summed E-state index contributed by atoms with van der Waals surface area (Å²) in [5, 5.41) is 20.6. The summed E-state index contributed by atoms with van der Waals surface area (Å²) in [7, 11) is 3.75. The van der Waals surface area contributed by atoms with Crippen LogP contribution in [0.25, 0.3) is 0 Å². The summed E-state index contributed by atoms with van der Waals surface area (Å²) in [4.78, 5) is 17.9. The van der Waals surface area contributed by atoms with Gasteiger partial charge < -0.3 is 25.1 Å². The first-order chi connectivity index (χ1) is 4.06. The van der Waals surface area contributed by atoms with Crippen molar-refractivity contribution in [2.75, 3.05) is 14.1 Å². The van der Waals surface area contributed by atoms with Crippen LogP contribution in [-0.2, 0) is 29.1 Å². The Morgan fingerprint density at radius 1 is 1.10 bits per heavy atom. The molecule has 0 aliphatic heterocycles. The zero-order valence-corrected chi connectivity index (χ0v) is 8.81. The topological polar surface area (TPSA) is 92.3 Å². The number of carbonyl (C=O) groups is 2. The van der Waals surface area contributed by atoms with Crippen LogP contribution in [0.2, 0.25) is 0 Å². The van der Waals surface area contributed by atoms with Crippen LogP contribution >= 0.6 is 0 Å². The molecule has 0 aromatic carbocycles. The third-order valence-corrected chi connectivity index (χ3v) is 0.167. The van der Waals surface area contributed by atoms with Gasteiger partial charge in [-0.3, -0.25) is 0 Å². The second kappa shape index (κ2) is 11.3. The molecule has 0 saturated heterocycles. The van der Waals surface area contributed by atoms with Gasteiger partial charge in [-0.2, -0.15) is 0 Å². The Morgan fingerprint density at radius 3 is 1.20 bits per heavy atom. The number of aliphatic carboxylic acids is 2. The molecule has 0 saturated carbocycles. The van der Waals surface area contributed by atoms with Crippen LogP contribution in [0, 0.1) is 0 Å². The molecular weight excluding hydrogens is 191 g/mol. The van der Waals surface area contributed by atoms with E-state index >= 15 is 0 Å². The van der Waals surface area contributed by atoms with Crippen molar-refractivity contribution in [1.29, 1.82) is 0 Å². The molecule has 54 valence electrons. The Kier molecular flexibility index (Phi) is 18.4. The summed E-state index contributed by atoms with van der Waals surface area (Å²) < 4.78 is 0. The number of carbonyl (C=O) groups excluding carboxylic acids is 2. The van der Waals surface area contributed by atoms with Gasteiger partial charge in [0.25, 0.3) is 0 Å². The van der Waals surface area contributed by atoms with E-state index in [0.717, 1.165) is 0 Å². The van der Waals surface area contributed by atoms with Crippen LogP contribution < -0.4 is 15.5 Å². The monoisotopic (exact) mass is 197 g/mol. The molecule has 0 aromatic heterocycles. The van der Waals surface area contributed by atoms with Gasteiger partial charge in [0.2, 0.25) is 0 Å². The smallest absolute Gasteiger partial charge is 0.543 e. The Hall–Kier alpha value is -0.477. The van der Waals surface area contributed by atoms with E-state index in [1.165, 1.54) is 0 Å². The van der Waals surface area contributed by atoms with E-state index in [0.29, 0.717) is 0 Å². The maximum Gasteiger partial charge on any atom is 2.00 e. The quantitative estimate of drug-likeness (QED) is 0.320. The number of nitrogens with one attached hydrogen (secondary N) is 1. The van der Waals surface area contributed by atoms with Gasteiger partial charge in [-0.05, 0) is 14.1 Å². The number of carboxylic acid groups (broad SMARTS) is 2. The molecule has 0 spiro atoms. The average Bonchev–Trinajstić information content (AvgIpc) is 1.68. The molecule has 0 atom stereocenters. The molecule has 10 heavy (non-hydrogen) atoms. The molecule has 0 aliphatic rings. The summed E-state index contributed by atoms with van der Waals surface area (Å²) in [6, 6.07) is 0. The van der Waals surface area contributed by atoms with Gasteiger partial charge >= 0.3 is 19.5 Å². The maximum atomic E-state index is 8.93. The fourth-order valence-corrected chi connectivity index (χ4v) is 0. The number of rotatable bonds is 0. The van der Waals surface area contributed by atoms with Crippen molar-refractivity contribution in [3.05, 3.63) is 0 Å². The minimum Gasteiger partial charge on any atom is -0.543 e. The van der Waals surface area contributed by atoms with Gasteiger partial charge in [-0.1, -0.05) is 0 Å². The summed E-state index contributed by atoms with van der Waals surface area (Å²) in [5.74, 6) is -4.37. The van der Waals surface area contributed by atoms with Gasteiger partial charge in [0.1, 0.15) is 0 Å². The van der Waals surface area contributed by atoms with E-state index in [1.807, 2.05) is 14.1 Å². The van der Waals surface area contributed by atoms with E-state index in [9.17, 15) is 0 Å². The van der Waals surface area contributed by atoms with E-state index < -0.39 is 11.9 Å². The molecule has 0 fully saturated rings. The fraction of sp³-hybridized carbons (Fsp3) is 0.500.